The van der Waals surface area contributed by atoms with Gasteiger partial charge in [-0.05, 0) is 43.7 Å². The van der Waals surface area contributed by atoms with Crippen LogP contribution in [0.15, 0.2) is 29.3 Å². The van der Waals surface area contributed by atoms with Crippen molar-refractivity contribution in [3.8, 4) is 0 Å². The first-order valence-electron chi connectivity index (χ1n) is 11.8. The SMILES string of the molecule is CCNC(=NCc1cccc(CN2CCCC2=O)c1)NC1CCN(CCCOC)CC1.I. The van der Waals surface area contributed by atoms with Gasteiger partial charge < -0.3 is 25.2 Å². The van der Waals surface area contributed by atoms with Crippen LogP contribution in [0.2, 0.25) is 0 Å². The van der Waals surface area contributed by atoms with E-state index in [1.165, 1.54) is 11.1 Å². The van der Waals surface area contributed by atoms with Gasteiger partial charge in [-0.2, -0.15) is 0 Å². The number of guanidine groups is 1. The monoisotopic (exact) mass is 557 g/mol. The fourth-order valence-electron chi connectivity index (χ4n) is 4.34. The summed E-state index contributed by atoms with van der Waals surface area (Å²) in [7, 11) is 1.77. The van der Waals surface area contributed by atoms with Gasteiger partial charge in [0.25, 0.3) is 0 Å². The highest BCUT2D eigenvalue weighted by Gasteiger charge is 2.21. The molecule has 2 fully saturated rings. The molecule has 0 bridgehead atoms. The van der Waals surface area contributed by atoms with Crippen LogP contribution in [0, 0.1) is 0 Å². The van der Waals surface area contributed by atoms with E-state index in [1.54, 1.807) is 7.11 Å². The second-order valence-corrected chi connectivity index (χ2v) is 8.54. The van der Waals surface area contributed by atoms with Crippen LogP contribution < -0.4 is 10.6 Å². The van der Waals surface area contributed by atoms with Crippen LogP contribution in [0.25, 0.3) is 0 Å². The average molecular weight is 558 g/mol. The summed E-state index contributed by atoms with van der Waals surface area (Å²) in [6, 6.07) is 8.92. The minimum atomic E-state index is 0. The van der Waals surface area contributed by atoms with Crippen molar-refractivity contribution in [2.75, 3.05) is 46.4 Å². The zero-order valence-electron chi connectivity index (χ0n) is 19.6. The summed E-state index contributed by atoms with van der Waals surface area (Å²) < 4.78 is 5.16. The highest BCUT2D eigenvalue weighted by atomic mass is 127. The molecule has 8 heteroatoms. The lowest BCUT2D eigenvalue weighted by Gasteiger charge is -2.33. The molecule has 3 rings (SSSR count). The zero-order chi connectivity index (χ0) is 21.9. The minimum Gasteiger partial charge on any atom is -0.385 e. The second-order valence-electron chi connectivity index (χ2n) is 8.54. The van der Waals surface area contributed by atoms with E-state index < -0.39 is 0 Å². The van der Waals surface area contributed by atoms with E-state index in [2.05, 4.69) is 46.7 Å². The van der Waals surface area contributed by atoms with E-state index in [0.717, 1.165) is 71.0 Å². The molecule has 2 aliphatic heterocycles. The number of ether oxygens (including phenoxy) is 1. The number of halogens is 1. The summed E-state index contributed by atoms with van der Waals surface area (Å²) in [5, 5.41) is 7.02. The maximum absolute atomic E-state index is 11.9. The van der Waals surface area contributed by atoms with Crippen LogP contribution in [0.4, 0.5) is 0 Å². The molecule has 1 aromatic rings. The van der Waals surface area contributed by atoms with E-state index >= 15 is 0 Å². The lowest BCUT2D eigenvalue weighted by atomic mass is 10.1. The molecule has 0 radical (unpaired) electrons. The van der Waals surface area contributed by atoms with Gasteiger partial charge >= 0.3 is 0 Å². The molecule has 0 spiro atoms. The van der Waals surface area contributed by atoms with Gasteiger partial charge in [-0.25, -0.2) is 4.99 Å². The van der Waals surface area contributed by atoms with Gasteiger partial charge in [-0.3, -0.25) is 4.79 Å². The quantitative estimate of drug-likeness (QED) is 0.201. The molecule has 32 heavy (non-hydrogen) atoms. The Morgan fingerprint density at radius 2 is 2.00 bits per heavy atom. The number of methoxy groups -OCH3 is 1. The number of rotatable bonds is 10. The smallest absolute Gasteiger partial charge is 0.222 e. The molecule has 7 nitrogen and oxygen atoms in total. The summed E-state index contributed by atoms with van der Waals surface area (Å²) >= 11 is 0. The number of amides is 1. The van der Waals surface area contributed by atoms with Crippen molar-refractivity contribution in [1.82, 2.24) is 20.4 Å². The minimum absolute atomic E-state index is 0. The zero-order valence-corrected chi connectivity index (χ0v) is 22.0. The van der Waals surface area contributed by atoms with E-state index in [4.69, 9.17) is 9.73 Å². The summed E-state index contributed by atoms with van der Waals surface area (Å²) in [4.78, 5) is 21.2. The maximum atomic E-state index is 11.9. The Kier molecular flexibility index (Phi) is 12.3. The number of piperidine rings is 1. The second kappa shape index (κ2) is 14.7. The van der Waals surface area contributed by atoms with E-state index in [0.29, 0.717) is 25.6 Å². The number of hydrogen-bond donors (Lipinski definition) is 2. The predicted molar refractivity (Wildman–Crippen MR) is 140 cm³/mol. The lowest BCUT2D eigenvalue weighted by Crippen LogP contribution is -2.48. The van der Waals surface area contributed by atoms with E-state index in [-0.39, 0.29) is 29.9 Å². The number of nitrogens with one attached hydrogen (secondary N) is 2. The summed E-state index contributed by atoms with van der Waals surface area (Å²) in [6.07, 6.45) is 5.04. The van der Waals surface area contributed by atoms with Crippen LogP contribution >= 0.6 is 24.0 Å². The highest BCUT2D eigenvalue weighted by Crippen LogP contribution is 2.16. The molecule has 2 heterocycles. The van der Waals surface area contributed by atoms with Crippen molar-refractivity contribution in [3.05, 3.63) is 35.4 Å². The molecule has 2 saturated heterocycles. The van der Waals surface area contributed by atoms with Gasteiger partial charge in [0.15, 0.2) is 5.96 Å². The molecule has 2 N–H and O–H groups in total. The molecular formula is C24H40IN5O2. The molecule has 1 aromatic carbocycles. The highest BCUT2D eigenvalue weighted by molar-refractivity contribution is 14.0. The number of nitrogens with zero attached hydrogens (tertiary/aromatic N) is 3. The Labute approximate surface area is 210 Å². The normalized spacial score (nSPS) is 18.0. The van der Waals surface area contributed by atoms with Crippen molar-refractivity contribution >= 4 is 35.8 Å². The van der Waals surface area contributed by atoms with Gasteiger partial charge in [0.1, 0.15) is 0 Å². The van der Waals surface area contributed by atoms with Crippen molar-refractivity contribution < 1.29 is 9.53 Å². The van der Waals surface area contributed by atoms with Gasteiger partial charge in [-0.1, -0.05) is 24.3 Å². The third kappa shape index (κ3) is 8.86. The van der Waals surface area contributed by atoms with Gasteiger partial charge in [0.05, 0.1) is 6.54 Å². The summed E-state index contributed by atoms with van der Waals surface area (Å²) in [6.45, 7) is 9.36. The molecule has 180 valence electrons. The standard InChI is InChI=1S/C24H39N5O2.HI/c1-3-25-24(27-22-10-14-28(15-11-22)12-6-16-31-2)26-18-20-7-4-8-21(17-20)19-29-13-5-9-23(29)30;/h4,7-8,17,22H,3,5-6,9-16,18-19H2,1-2H3,(H2,25,26,27);1H. The Morgan fingerprint density at radius 3 is 2.69 bits per heavy atom. The van der Waals surface area contributed by atoms with Gasteiger partial charge in [-0.15, -0.1) is 24.0 Å². The molecule has 0 saturated carbocycles. The van der Waals surface area contributed by atoms with Crippen LogP contribution in [0.3, 0.4) is 0 Å². The number of likely N-dealkylation sites (tertiary alicyclic amines) is 2. The largest absolute Gasteiger partial charge is 0.385 e. The van der Waals surface area contributed by atoms with Crippen LogP contribution in [-0.4, -0.2) is 74.1 Å². The number of carbonyl (C=O) groups is 1. The Hall–Kier alpha value is -1.39. The van der Waals surface area contributed by atoms with Gasteiger partial charge in [0, 0.05) is 65.4 Å². The fourth-order valence-corrected chi connectivity index (χ4v) is 4.34. The molecule has 0 atom stereocenters. The average Bonchev–Trinajstić information content (AvgIpc) is 3.18. The number of aliphatic imine (C=N–C) groups is 1. The Bertz CT molecular complexity index is 722. The van der Waals surface area contributed by atoms with Crippen LogP contribution in [0.1, 0.15) is 50.2 Å². The number of benzene rings is 1. The topological polar surface area (TPSA) is 69.2 Å². The first-order valence-corrected chi connectivity index (χ1v) is 11.8. The maximum Gasteiger partial charge on any atom is 0.222 e. The molecule has 2 aliphatic rings. The van der Waals surface area contributed by atoms with Crippen LogP contribution in [-0.2, 0) is 22.6 Å². The third-order valence-electron chi connectivity index (χ3n) is 6.05. The Balaban J connectivity index is 0.00000363. The molecular weight excluding hydrogens is 517 g/mol. The molecule has 0 unspecified atom stereocenters. The third-order valence-corrected chi connectivity index (χ3v) is 6.05. The van der Waals surface area contributed by atoms with Crippen molar-refractivity contribution in [2.45, 2.75) is 58.2 Å². The summed E-state index contributed by atoms with van der Waals surface area (Å²) in [5.74, 6) is 1.16. The Morgan fingerprint density at radius 1 is 1.22 bits per heavy atom. The number of carbonyl (C=O) groups excluding carboxylic acids is 1. The molecule has 0 aliphatic carbocycles. The molecule has 0 aromatic heterocycles. The number of hydrogen-bond acceptors (Lipinski definition) is 4. The van der Waals surface area contributed by atoms with Crippen LogP contribution in [0.5, 0.6) is 0 Å². The van der Waals surface area contributed by atoms with Gasteiger partial charge in [0.2, 0.25) is 5.91 Å². The van der Waals surface area contributed by atoms with Crippen molar-refractivity contribution in [1.29, 1.82) is 0 Å². The first kappa shape index (κ1) is 26.9. The predicted octanol–water partition coefficient (Wildman–Crippen LogP) is 2.98. The summed E-state index contributed by atoms with van der Waals surface area (Å²) in [5.41, 5.74) is 2.36. The molecule has 1 amide bonds. The van der Waals surface area contributed by atoms with Crippen molar-refractivity contribution in [2.24, 2.45) is 4.99 Å². The lowest BCUT2D eigenvalue weighted by molar-refractivity contribution is -0.128. The van der Waals surface area contributed by atoms with E-state index in [1.807, 2.05) is 4.90 Å². The van der Waals surface area contributed by atoms with Crippen molar-refractivity contribution in [3.63, 3.8) is 0 Å². The van der Waals surface area contributed by atoms with E-state index in [9.17, 15) is 4.79 Å². The first-order chi connectivity index (χ1) is 15.2. The fraction of sp³-hybridized carbons (Fsp3) is 0.667.